The van der Waals surface area contributed by atoms with E-state index in [0.29, 0.717) is 22.5 Å². The zero-order chi connectivity index (χ0) is 22.0. The number of ether oxygens (including phenoxy) is 2. The van der Waals surface area contributed by atoms with Crippen LogP contribution in [-0.2, 0) is 6.42 Å². The predicted molar refractivity (Wildman–Crippen MR) is 115 cm³/mol. The fourth-order valence-corrected chi connectivity index (χ4v) is 3.56. The second-order valence-corrected chi connectivity index (χ2v) is 7.39. The van der Waals surface area contributed by atoms with E-state index in [1.807, 2.05) is 37.3 Å². The maximum absolute atomic E-state index is 15.2. The molecule has 31 heavy (non-hydrogen) atoms. The number of ketones is 1. The van der Waals surface area contributed by atoms with E-state index in [4.69, 9.17) is 21.1 Å². The molecule has 0 spiro atoms. The summed E-state index contributed by atoms with van der Waals surface area (Å²) in [4.78, 5) is 17.2. The first-order valence-electron chi connectivity index (χ1n) is 9.57. The molecule has 0 aliphatic heterocycles. The number of nitrogens with one attached hydrogen (secondary N) is 1. The minimum atomic E-state index is -0.782. The highest BCUT2D eigenvalue weighted by Crippen LogP contribution is 2.32. The fourth-order valence-electron chi connectivity index (χ4n) is 3.31. The Kier molecular flexibility index (Phi) is 5.86. The van der Waals surface area contributed by atoms with Crippen molar-refractivity contribution in [3.05, 3.63) is 82.3 Å². The number of fused-ring (bicyclic) bond motifs is 1. The summed E-state index contributed by atoms with van der Waals surface area (Å²) in [5.41, 5.74) is 1.79. The number of carbonyl (C=O) groups excluding carboxylic acids is 1. The molecule has 6 nitrogen and oxygen atoms in total. The first kappa shape index (κ1) is 20.8. The lowest BCUT2D eigenvalue weighted by Crippen LogP contribution is -2.10. The number of hydrogen-bond acceptors (Lipinski definition) is 5. The smallest absolute Gasteiger partial charge is 0.241 e. The molecule has 4 rings (SSSR count). The summed E-state index contributed by atoms with van der Waals surface area (Å²) in [6, 6.07) is 14.0. The molecule has 0 radical (unpaired) electrons. The summed E-state index contributed by atoms with van der Waals surface area (Å²) < 4.78 is 26.2. The maximum atomic E-state index is 15.2. The van der Waals surface area contributed by atoms with Gasteiger partial charge in [0, 0.05) is 12.6 Å². The number of benzene rings is 2. The van der Waals surface area contributed by atoms with Crippen LogP contribution in [0.3, 0.4) is 0 Å². The fraction of sp³-hybridized carbons (Fsp3) is 0.174. The maximum Gasteiger partial charge on any atom is 0.241 e. The molecule has 1 unspecified atom stereocenters. The molecule has 2 aromatic heterocycles. The molecule has 0 bridgehead atoms. The van der Waals surface area contributed by atoms with Crippen molar-refractivity contribution in [2.45, 2.75) is 19.4 Å². The Labute approximate surface area is 183 Å². The van der Waals surface area contributed by atoms with Crippen molar-refractivity contribution >= 4 is 28.4 Å². The Hall–Kier alpha value is -3.45. The molecule has 0 saturated heterocycles. The average molecular weight is 440 g/mol. The van der Waals surface area contributed by atoms with Crippen LogP contribution in [0.1, 0.15) is 34.5 Å². The van der Waals surface area contributed by atoms with E-state index < -0.39 is 17.7 Å². The molecule has 158 valence electrons. The molecule has 0 aliphatic rings. The summed E-state index contributed by atoms with van der Waals surface area (Å²) in [5.74, 6) is -0.931. The minimum absolute atomic E-state index is 0.0251. The second kappa shape index (κ2) is 8.73. The minimum Gasteiger partial charge on any atom is -0.483 e. The normalized spacial score (nSPS) is 12.0. The van der Waals surface area contributed by atoms with Gasteiger partial charge < -0.3 is 9.47 Å². The van der Waals surface area contributed by atoms with Gasteiger partial charge in [0.15, 0.2) is 23.0 Å². The largest absolute Gasteiger partial charge is 0.483 e. The van der Waals surface area contributed by atoms with Gasteiger partial charge in [-0.1, -0.05) is 41.9 Å². The lowest BCUT2D eigenvalue weighted by atomic mass is 10.0. The molecule has 1 N–H and O–H groups in total. The third-order valence-corrected chi connectivity index (χ3v) is 5.22. The topological polar surface area (TPSA) is 77.1 Å². The van der Waals surface area contributed by atoms with E-state index in [2.05, 4.69) is 15.2 Å². The number of aromatic amines is 1. The van der Waals surface area contributed by atoms with Crippen molar-refractivity contribution in [1.82, 2.24) is 15.2 Å². The highest BCUT2D eigenvalue weighted by molar-refractivity contribution is 6.34. The number of H-pyrrole nitrogens is 1. The molecule has 0 amide bonds. The third-order valence-electron chi connectivity index (χ3n) is 4.90. The lowest BCUT2D eigenvalue weighted by Gasteiger charge is -2.17. The summed E-state index contributed by atoms with van der Waals surface area (Å²) in [5, 5.41) is 7.39. The van der Waals surface area contributed by atoms with Crippen LogP contribution in [0.2, 0.25) is 5.02 Å². The first-order chi connectivity index (χ1) is 15.0. The van der Waals surface area contributed by atoms with Gasteiger partial charge in [-0.05, 0) is 36.2 Å². The van der Waals surface area contributed by atoms with Gasteiger partial charge in [0.2, 0.25) is 5.88 Å². The number of methoxy groups -OCH3 is 1. The number of halogens is 2. The van der Waals surface area contributed by atoms with E-state index >= 15 is 4.39 Å². The average Bonchev–Trinajstić information content (AvgIpc) is 3.18. The van der Waals surface area contributed by atoms with Gasteiger partial charge in [-0.15, -0.1) is 5.10 Å². The van der Waals surface area contributed by atoms with Crippen LogP contribution in [0.15, 0.2) is 54.7 Å². The van der Waals surface area contributed by atoms with Crippen LogP contribution in [0.4, 0.5) is 4.39 Å². The van der Waals surface area contributed by atoms with Gasteiger partial charge >= 0.3 is 0 Å². The van der Waals surface area contributed by atoms with Crippen molar-refractivity contribution in [3.8, 4) is 11.6 Å². The molecule has 0 aliphatic carbocycles. The number of hydrogen-bond donors (Lipinski definition) is 1. The van der Waals surface area contributed by atoms with Crippen LogP contribution in [0.5, 0.6) is 11.6 Å². The molecule has 1 atom stereocenters. The third kappa shape index (κ3) is 4.22. The Morgan fingerprint density at radius 3 is 2.74 bits per heavy atom. The number of nitrogens with zero attached hydrogens (tertiary/aromatic N) is 2. The molecule has 8 heteroatoms. The Morgan fingerprint density at radius 2 is 2.00 bits per heavy atom. The van der Waals surface area contributed by atoms with Gasteiger partial charge in [0.1, 0.15) is 6.10 Å². The van der Waals surface area contributed by atoms with E-state index in [-0.39, 0.29) is 22.8 Å². The molecule has 0 saturated carbocycles. The SMILES string of the molecule is COc1n[nH]c2ncc(CC(=O)c3c(Cl)ccc(OC(C)c4ccccc4)c3F)cc12. The van der Waals surface area contributed by atoms with Crippen molar-refractivity contribution in [2.24, 2.45) is 0 Å². The quantitative estimate of drug-likeness (QED) is 0.394. The Bertz CT molecular complexity index is 1240. The summed E-state index contributed by atoms with van der Waals surface area (Å²) >= 11 is 6.17. The van der Waals surface area contributed by atoms with Gasteiger partial charge in [0.05, 0.1) is 23.1 Å². The summed E-state index contributed by atoms with van der Waals surface area (Å²) in [7, 11) is 1.49. The van der Waals surface area contributed by atoms with Crippen molar-refractivity contribution in [3.63, 3.8) is 0 Å². The standard InChI is InChI=1S/C23H19ClFN3O3/c1-13(15-6-4-3-5-7-15)31-19-9-8-17(24)20(21(19)25)18(29)11-14-10-16-22(26-12-14)27-28-23(16)30-2/h3-10,12-13H,11H2,1-2H3,(H,26,27,28). The highest BCUT2D eigenvalue weighted by Gasteiger charge is 2.22. The van der Waals surface area contributed by atoms with Crippen LogP contribution >= 0.6 is 11.6 Å². The number of aromatic nitrogens is 3. The van der Waals surface area contributed by atoms with Crippen LogP contribution in [-0.4, -0.2) is 28.1 Å². The van der Waals surface area contributed by atoms with Crippen LogP contribution in [0.25, 0.3) is 11.0 Å². The van der Waals surface area contributed by atoms with E-state index in [1.165, 1.54) is 25.4 Å². The molecular weight excluding hydrogens is 421 g/mol. The van der Waals surface area contributed by atoms with Gasteiger partial charge in [-0.3, -0.25) is 9.89 Å². The molecule has 4 aromatic rings. The second-order valence-electron chi connectivity index (χ2n) is 6.98. The Morgan fingerprint density at radius 1 is 1.23 bits per heavy atom. The van der Waals surface area contributed by atoms with Crippen molar-refractivity contribution < 1.29 is 18.7 Å². The monoisotopic (exact) mass is 439 g/mol. The van der Waals surface area contributed by atoms with Crippen LogP contribution in [0, 0.1) is 5.82 Å². The highest BCUT2D eigenvalue weighted by atomic mass is 35.5. The summed E-state index contributed by atoms with van der Waals surface area (Å²) in [6.07, 6.45) is 1.03. The predicted octanol–water partition coefficient (Wildman–Crippen LogP) is 5.32. The van der Waals surface area contributed by atoms with Crippen LogP contribution < -0.4 is 9.47 Å². The number of Topliss-reactive ketones (excluding diaryl/α,β-unsaturated/α-hetero) is 1. The molecular formula is C23H19ClFN3O3. The number of rotatable bonds is 7. The van der Waals surface area contributed by atoms with E-state index in [1.54, 1.807) is 6.07 Å². The zero-order valence-electron chi connectivity index (χ0n) is 16.9. The zero-order valence-corrected chi connectivity index (χ0v) is 17.6. The molecule has 0 fully saturated rings. The van der Waals surface area contributed by atoms with Crippen molar-refractivity contribution in [2.75, 3.05) is 7.11 Å². The Balaban J connectivity index is 1.60. The number of carbonyl (C=O) groups is 1. The van der Waals surface area contributed by atoms with Crippen molar-refractivity contribution in [1.29, 1.82) is 0 Å². The lowest BCUT2D eigenvalue weighted by molar-refractivity contribution is 0.0987. The van der Waals surface area contributed by atoms with E-state index in [9.17, 15) is 4.79 Å². The van der Waals surface area contributed by atoms with Gasteiger partial charge in [0.25, 0.3) is 0 Å². The number of pyridine rings is 1. The summed E-state index contributed by atoms with van der Waals surface area (Å²) in [6.45, 7) is 1.81. The first-order valence-corrected chi connectivity index (χ1v) is 9.95. The molecule has 2 heterocycles. The molecule has 2 aromatic carbocycles. The van der Waals surface area contributed by atoms with Gasteiger partial charge in [-0.2, -0.15) is 0 Å². The van der Waals surface area contributed by atoms with Gasteiger partial charge in [-0.25, -0.2) is 9.37 Å². The van der Waals surface area contributed by atoms with E-state index in [0.717, 1.165) is 5.56 Å².